The molecule has 0 radical (unpaired) electrons. The molecular formula is C19H22N4O2. The highest BCUT2D eigenvalue weighted by Gasteiger charge is 2.22. The highest BCUT2D eigenvalue weighted by Crippen LogP contribution is 2.23. The summed E-state index contributed by atoms with van der Waals surface area (Å²) in [6, 6.07) is 10.0. The molecule has 1 aromatic carbocycles. The average molecular weight is 338 g/mol. The smallest absolute Gasteiger partial charge is 0.226 e. The highest BCUT2D eigenvalue weighted by atomic mass is 16.5. The lowest BCUT2D eigenvalue weighted by Gasteiger charge is -2.31. The molecule has 1 fully saturated rings. The first-order valence-electron chi connectivity index (χ1n) is 8.77. The van der Waals surface area contributed by atoms with Crippen molar-refractivity contribution in [2.24, 2.45) is 5.92 Å². The minimum absolute atomic E-state index is 0.561. The Morgan fingerprint density at radius 3 is 2.88 bits per heavy atom. The molecule has 1 aliphatic heterocycles. The quantitative estimate of drug-likeness (QED) is 0.709. The molecule has 25 heavy (non-hydrogen) atoms. The Labute approximate surface area is 146 Å². The van der Waals surface area contributed by atoms with Gasteiger partial charge in [0, 0.05) is 32.0 Å². The van der Waals surface area contributed by atoms with Crippen LogP contribution < -0.4 is 0 Å². The van der Waals surface area contributed by atoms with Crippen LogP contribution in [0.15, 0.2) is 45.5 Å². The van der Waals surface area contributed by atoms with E-state index in [2.05, 4.69) is 20.0 Å². The Kier molecular flexibility index (Phi) is 4.61. The average Bonchev–Trinajstić information content (AvgIpc) is 3.25. The molecule has 0 aliphatic carbocycles. The molecule has 0 saturated carbocycles. The van der Waals surface area contributed by atoms with E-state index in [0.717, 1.165) is 43.1 Å². The second kappa shape index (κ2) is 7.19. The predicted octanol–water partition coefficient (Wildman–Crippen LogP) is 3.49. The standard InChI is InChI=1S/C19H22N4O2/c1-14-20-18(22-25-14)10-15-6-5-9-23(11-15)12-17-13-24-19(21-17)16-7-3-2-4-8-16/h2-4,7-8,13,15H,5-6,9-12H2,1H3/t15-/m0/s1. The van der Waals surface area contributed by atoms with Crippen LogP contribution in [-0.4, -0.2) is 33.1 Å². The molecule has 0 N–H and O–H groups in total. The van der Waals surface area contributed by atoms with Gasteiger partial charge in [0.05, 0.1) is 5.69 Å². The Morgan fingerprint density at radius 2 is 2.08 bits per heavy atom. The van der Waals surface area contributed by atoms with Gasteiger partial charge in [-0.25, -0.2) is 4.98 Å². The summed E-state index contributed by atoms with van der Waals surface area (Å²) in [4.78, 5) is 11.4. The molecular weight excluding hydrogens is 316 g/mol. The van der Waals surface area contributed by atoms with E-state index in [1.807, 2.05) is 37.3 Å². The first kappa shape index (κ1) is 16.0. The highest BCUT2D eigenvalue weighted by molar-refractivity contribution is 5.52. The normalized spacial score (nSPS) is 18.5. The van der Waals surface area contributed by atoms with Gasteiger partial charge in [-0.05, 0) is 37.4 Å². The predicted molar refractivity (Wildman–Crippen MR) is 92.7 cm³/mol. The van der Waals surface area contributed by atoms with Crippen LogP contribution in [0.2, 0.25) is 0 Å². The fourth-order valence-electron chi connectivity index (χ4n) is 3.47. The molecule has 4 rings (SSSR count). The number of likely N-dealkylation sites (tertiary alicyclic amines) is 1. The van der Waals surface area contributed by atoms with Crippen molar-refractivity contribution in [2.45, 2.75) is 32.7 Å². The first-order chi connectivity index (χ1) is 12.3. The molecule has 6 heteroatoms. The van der Waals surface area contributed by atoms with Gasteiger partial charge in [0.25, 0.3) is 0 Å². The van der Waals surface area contributed by atoms with E-state index in [0.29, 0.717) is 17.7 Å². The molecule has 1 atom stereocenters. The third-order valence-corrected chi connectivity index (χ3v) is 4.60. The zero-order valence-corrected chi connectivity index (χ0v) is 14.4. The molecule has 0 spiro atoms. The van der Waals surface area contributed by atoms with Crippen LogP contribution in [0.3, 0.4) is 0 Å². The van der Waals surface area contributed by atoms with Gasteiger partial charge in [0.2, 0.25) is 11.8 Å². The third kappa shape index (κ3) is 3.96. The maximum absolute atomic E-state index is 5.65. The molecule has 3 heterocycles. The lowest BCUT2D eigenvalue weighted by atomic mass is 9.94. The SMILES string of the molecule is Cc1nc(C[C@@H]2CCCN(Cc3coc(-c4ccccc4)n3)C2)no1. The van der Waals surface area contributed by atoms with Gasteiger partial charge in [0.1, 0.15) is 6.26 Å². The van der Waals surface area contributed by atoms with Crippen LogP contribution in [0.4, 0.5) is 0 Å². The number of rotatable bonds is 5. The van der Waals surface area contributed by atoms with Crippen LogP contribution in [0.25, 0.3) is 11.5 Å². The van der Waals surface area contributed by atoms with Crippen molar-refractivity contribution < 1.29 is 8.94 Å². The van der Waals surface area contributed by atoms with Gasteiger partial charge in [-0.15, -0.1) is 0 Å². The third-order valence-electron chi connectivity index (χ3n) is 4.60. The van der Waals surface area contributed by atoms with Gasteiger partial charge >= 0.3 is 0 Å². The summed E-state index contributed by atoms with van der Waals surface area (Å²) in [5.41, 5.74) is 1.99. The topological polar surface area (TPSA) is 68.2 Å². The minimum Gasteiger partial charge on any atom is -0.444 e. The van der Waals surface area contributed by atoms with Crippen molar-refractivity contribution in [3.05, 3.63) is 54.0 Å². The molecule has 130 valence electrons. The molecule has 2 aromatic heterocycles. The molecule has 0 amide bonds. The number of piperidine rings is 1. The van der Waals surface area contributed by atoms with Crippen LogP contribution in [0.1, 0.15) is 30.3 Å². The largest absolute Gasteiger partial charge is 0.444 e. The van der Waals surface area contributed by atoms with Gasteiger partial charge < -0.3 is 8.94 Å². The van der Waals surface area contributed by atoms with Gasteiger partial charge in [-0.1, -0.05) is 23.4 Å². The van der Waals surface area contributed by atoms with Gasteiger partial charge in [0.15, 0.2) is 5.82 Å². The van der Waals surface area contributed by atoms with Gasteiger partial charge in [-0.2, -0.15) is 4.98 Å². The molecule has 0 bridgehead atoms. The van der Waals surface area contributed by atoms with Crippen molar-refractivity contribution >= 4 is 0 Å². The molecule has 1 aliphatic rings. The number of benzene rings is 1. The molecule has 3 aromatic rings. The Morgan fingerprint density at radius 1 is 1.20 bits per heavy atom. The van der Waals surface area contributed by atoms with Crippen molar-refractivity contribution in [3.8, 4) is 11.5 Å². The van der Waals surface area contributed by atoms with E-state index in [1.165, 1.54) is 12.8 Å². The Hall–Kier alpha value is -2.47. The number of nitrogens with zero attached hydrogens (tertiary/aromatic N) is 4. The van der Waals surface area contributed by atoms with Crippen LogP contribution >= 0.6 is 0 Å². The van der Waals surface area contributed by atoms with Crippen molar-refractivity contribution in [2.75, 3.05) is 13.1 Å². The van der Waals surface area contributed by atoms with E-state index in [1.54, 1.807) is 6.26 Å². The first-order valence-corrected chi connectivity index (χ1v) is 8.77. The number of oxazole rings is 1. The fourth-order valence-corrected chi connectivity index (χ4v) is 3.47. The molecule has 6 nitrogen and oxygen atoms in total. The summed E-state index contributed by atoms with van der Waals surface area (Å²) < 4.78 is 10.7. The lowest BCUT2D eigenvalue weighted by Crippen LogP contribution is -2.36. The zero-order valence-electron chi connectivity index (χ0n) is 14.4. The monoisotopic (exact) mass is 338 g/mol. The maximum Gasteiger partial charge on any atom is 0.226 e. The second-order valence-electron chi connectivity index (χ2n) is 6.69. The second-order valence-corrected chi connectivity index (χ2v) is 6.69. The number of hydrogen-bond donors (Lipinski definition) is 0. The van der Waals surface area contributed by atoms with Crippen molar-refractivity contribution in [1.29, 1.82) is 0 Å². The van der Waals surface area contributed by atoms with E-state index in [-0.39, 0.29) is 0 Å². The van der Waals surface area contributed by atoms with Crippen LogP contribution in [-0.2, 0) is 13.0 Å². The van der Waals surface area contributed by atoms with Crippen molar-refractivity contribution in [1.82, 2.24) is 20.0 Å². The summed E-state index contributed by atoms with van der Waals surface area (Å²) in [6.45, 7) is 4.77. The summed E-state index contributed by atoms with van der Waals surface area (Å²) in [5, 5.41) is 4.02. The maximum atomic E-state index is 5.65. The van der Waals surface area contributed by atoms with E-state index < -0.39 is 0 Å². The number of aromatic nitrogens is 3. The van der Waals surface area contributed by atoms with E-state index in [4.69, 9.17) is 8.94 Å². The van der Waals surface area contributed by atoms with Crippen LogP contribution in [0, 0.1) is 12.8 Å². The summed E-state index contributed by atoms with van der Waals surface area (Å²) in [6.07, 6.45) is 5.04. The minimum atomic E-state index is 0.561. The van der Waals surface area contributed by atoms with Crippen LogP contribution in [0.5, 0.6) is 0 Å². The molecule has 0 unspecified atom stereocenters. The lowest BCUT2D eigenvalue weighted by molar-refractivity contribution is 0.163. The number of hydrogen-bond acceptors (Lipinski definition) is 6. The fraction of sp³-hybridized carbons (Fsp3) is 0.421. The summed E-state index contributed by atoms with van der Waals surface area (Å²) in [7, 11) is 0. The summed E-state index contributed by atoms with van der Waals surface area (Å²) >= 11 is 0. The Bertz CT molecular complexity index is 812. The summed E-state index contributed by atoms with van der Waals surface area (Å²) in [5.74, 6) is 2.70. The van der Waals surface area contributed by atoms with E-state index >= 15 is 0 Å². The van der Waals surface area contributed by atoms with E-state index in [9.17, 15) is 0 Å². The molecule has 1 saturated heterocycles. The van der Waals surface area contributed by atoms with Gasteiger partial charge in [-0.3, -0.25) is 4.90 Å². The number of aryl methyl sites for hydroxylation is 1. The van der Waals surface area contributed by atoms with Crippen molar-refractivity contribution in [3.63, 3.8) is 0 Å². The zero-order chi connectivity index (χ0) is 17.1. The Balaban J connectivity index is 1.37.